The Kier molecular flexibility index (Phi) is 2.80. The number of aliphatic hydroxyl groups excluding tert-OH is 1. The summed E-state index contributed by atoms with van der Waals surface area (Å²) in [5, 5.41) is 8.90. The number of nitrogens with two attached hydrogens (primary N) is 1. The normalized spacial score (nSPS) is 12.7. The topological polar surface area (TPSA) is 64.1 Å². The van der Waals surface area contributed by atoms with Crippen molar-refractivity contribution in [1.82, 2.24) is 9.55 Å². The van der Waals surface area contributed by atoms with Gasteiger partial charge in [0.25, 0.3) is 0 Å². The van der Waals surface area contributed by atoms with Crippen molar-refractivity contribution < 1.29 is 5.11 Å². The van der Waals surface area contributed by atoms with Gasteiger partial charge in [-0.1, -0.05) is 12.1 Å². The Morgan fingerprint density at radius 2 is 2.07 bits per heavy atom. The van der Waals surface area contributed by atoms with Crippen LogP contribution in [0.2, 0.25) is 0 Å². The first-order valence-corrected chi connectivity index (χ1v) is 4.76. The fourth-order valence-corrected chi connectivity index (χ4v) is 1.41. The number of nitrogens with zero attached hydrogens (tertiary/aromatic N) is 2. The molecular weight excluding hydrogens is 190 g/mol. The molecule has 0 saturated carbocycles. The lowest BCUT2D eigenvalue weighted by atomic mass is 10.1. The zero-order valence-corrected chi connectivity index (χ0v) is 8.24. The van der Waals surface area contributed by atoms with E-state index in [1.807, 2.05) is 35.0 Å². The van der Waals surface area contributed by atoms with Crippen molar-refractivity contribution in [2.24, 2.45) is 5.73 Å². The number of hydrogen-bond donors (Lipinski definition) is 2. The van der Waals surface area contributed by atoms with Crippen LogP contribution in [-0.2, 0) is 0 Å². The molecule has 3 N–H and O–H groups in total. The number of hydrogen-bond acceptors (Lipinski definition) is 3. The zero-order valence-electron chi connectivity index (χ0n) is 8.24. The van der Waals surface area contributed by atoms with E-state index in [9.17, 15) is 0 Å². The third-order valence-corrected chi connectivity index (χ3v) is 2.32. The van der Waals surface area contributed by atoms with Crippen LogP contribution in [0.1, 0.15) is 11.6 Å². The Bertz CT molecular complexity index is 408. The van der Waals surface area contributed by atoms with Crippen LogP contribution in [0, 0.1) is 0 Å². The maximum Gasteiger partial charge on any atom is 0.0991 e. The van der Waals surface area contributed by atoms with E-state index in [1.54, 1.807) is 12.5 Å². The maximum absolute atomic E-state index is 8.90. The van der Waals surface area contributed by atoms with Crippen molar-refractivity contribution in [3.05, 3.63) is 48.5 Å². The van der Waals surface area contributed by atoms with Gasteiger partial charge in [-0.25, -0.2) is 4.98 Å². The van der Waals surface area contributed by atoms with E-state index in [0.717, 1.165) is 11.3 Å². The highest BCUT2D eigenvalue weighted by molar-refractivity contribution is 5.35. The molecule has 2 aromatic rings. The fraction of sp³-hybridized carbons (Fsp3) is 0.182. The number of aromatic nitrogens is 2. The van der Waals surface area contributed by atoms with E-state index in [0.29, 0.717) is 0 Å². The quantitative estimate of drug-likeness (QED) is 0.777. The predicted octanol–water partition coefficient (Wildman–Crippen LogP) is 0.864. The van der Waals surface area contributed by atoms with Gasteiger partial charge in [-0.3, -0.25) is 0 Å². The SMILES string of the molecule is N[C@H](CO)c1ccc(-n2ccnc2)cc1. The summed E-state index contributed by atoms with van der Waals surface area (Å²) in [4.78, 5) is 3.97. The van der Waals surface area contributed by atoms with Gasteiger partial charge in [-0.15, -0.1) is 0 Å². The Balaban J connectivity index is 2.25. The van der Waals surface area contributed by atoms with Gasteiger partial charge in [0, 0.05) is 18.1 Å². The van der Waals surface area contributed by atoms with Gasteiger partial charge in [0.2, 0.25) is 0 Å². The highest BCUT2D eigenvalue weighted by Gasteiger charge is 2.03. The molecule has 0 aliphatic carbocycles. The largest absolute Gasteiger partial charge is 0.394 e. The molecule has 0 spiro atoms. The van der Waals surface area contributed by atoms with Crippen LogP contribution in [-0.4, -0.2) is 21.3 Å². The van der Waals surface area contributed by atoms with E-state index in [4.69, 9.17) is 10.8 Å². The number of rotatable bonds is 3. The average Bonchev–Trinajstić information content (AvgIpc) is 2.82. The second-order valence-electron chi connectivity index (χ2n) is 3.35. The lowest BCUT2D eigenvalue weighted by Crippen LogP contribution is -2.14. The van der Waals surface area contributed by atoms with Gasteiger partial charge in [0.05, 0.1) is 19.0 Å². The van der Waals surface area contributed by atoms with Gasteiger partial charge in [-0.2, -0.15) is 0 Å². The number of imidazole rings is 1. The van der Waals surface area contributed by atoms with Crippen LogP contribution in [0.15, 0.2) is 43.0 Å². The Hall–Kier alpha value is -1.65. The Labute approximate surface area is 88.0 Å². The van der Waals surface area contributed by atoms with E-state index >= 15 is 0 Å². The summed E-state index contributed by atoms with van der Waals surface area (Å²) in [6.45, 7) is -0.0373. The van der Waals surface area contributed by atoms with E-state index in [2.05, 4.69) is 4.98 Å². The first-order chi connectivity index (χ1) is 7.31. The van der Waals surface area contributed by atoms with Gasteiger partial charge < -0.3 is 15.4 Å². The van der Waals surface area contributed by atoms with Crippen LogP contribution in [0.3, 0.4) is 0 Å². The molecule has 15 heavy (non-hydrogen) atoms. The van der Waals surface area contributed by atoms with Crippen LogP contribution in [0.25, 0.3) is 5.69 Å². The summed E-state index contributed by atoms with van der Waals surface area (Å²) >= 11 is 0. The Morgan fingerprint density at radius 3 is 2.60 bits per heavy atom. The molecule has 1 atom stereocenters. The standard InChI is InChI=1S/C11H13N3O/c12-11(7-15)9-1-3-10(4-2-9)14-6-5-13-8-14/h1-6,8,11,15H,7,12H2/t11-/m1/s1. The Morgan fingerprint density at radius 1 is 1.33 bits per heavy atom. The highest BCUT2D eigenvalue weighted by atomic mass is 16.3. The van der Waals surface area contributed by atoms with E-state index in [-0.39, 0.29) is 12.6 Å². The predicted molar refractivity (Wildman–Crippen MR) is 57.6 cm³/mol. The van der Waals surface area contributed by atoms with Crippen molar-refractivity contribution >= 4 is 0 Å². The molecule has 0 bridgehead atoms. The fourth-order valence-electron chi connectivity index (χ4n) is 1.41. The molecule has 0 amide bonds. The van der Waals surface area contributed by atoms with E-state index < -0.39 is 0 Å². The summed E-state index contributed by atoms with van der Waals surface area (Å²) in [7, 11) is 0. The monoisotopic (exact) mass is 203 g/mol. The minimum atomic E-state index is -0.304. The van der Waals surface area contributed by atoms with Crippen molar-refractivity contribution in [2.45, 2.75) is 6.04 Å². The molecule has 1 heterocycles. The lowest BCUT2D eigenvalue weighted by Gasteiger charge is -2.09. The highest BCUT2D eigenvalue weighted by Crippen LogP contribution is 2.13. The summed E-state index contributed by atoms with van der Waals surface area (Å²) in [6.07, 6.45) is 5.34. The molecule has 0 saturated heterocycles. The minimum Gasteiger partial charge on any atom is -0.394 e. The van der Waals surface area contributed by atoms with Crippen LogP contribution in [0.4, 0.5) is 0 Å². The van der Waals surface area contributed by atoms with Crippen LogP contribution in [0.5, 0.6) is 0 Å². The maximum atomic E-state index is 8.90. The second kappa shape index (κ2) is 4.25. The van der Waals surface area contributed by atoms with Gasteiger partial charge in [-0.05, 0) is 17.7 Å². The molecule has 1 aromatic carbocycles. The molecule has 0 aliphatic heterocycles. The molecule has 4 nitrogen and oxygen atoms in total. The van der Waals surface area contributed by atoms with Crippen LogP contribution < -0.4 is 5.73 Å². The number of aliphatic hydroxyl groups is 1. The van der Waals surface area contributed by atoms with Gasteiger partial charge in [0.1, 0.15) is 0 Å². The summed E-state index contributed by atoms with van der Waals surface area (Å²) in [5.74, 6) is 0. The van der Waals surface area contributed by atoms with Crippen LogP contribution >= 0.6 is 0 Å². The van der Waals surface area contributed by atoms with Crippen molar-refractivity contribution in [1.29, 1.82) is 0 Å². The molecule has 0 unspecified atom stereocenters. The third-order valence-electron chi connectivity index (χ3n) is 2.32. The van der Waals surface area contributed by atoms with Crippen molar-refractivity contribution in [3.63, 3.8) is 0 Å². The van der Waals surface area contributed by atoms with Crippen molar-refractivity contribution in [2.75, 3.05) is 6.61 Å². The number of benzene rings is 1. The smallest absolute Gasteiger partial charge is 0.0991 e. The molecule has 2 rings (SSSR count). The minimum absolute atomic E-state index is 0.0373. The molecular formula is C11H13N3O. The summed E-state index contributed by atoms with van der Waals surface area (Å²) in [6, 6.07) is 7.42. The summed E-state index contributed by atoms with van der Waals surface area (Å²) < 4.78 is 1.91. The van der Waals surface area contributed by atoms with E-state index in [1.165, 1.54) is 0 Å². The molecule has 1 aromatic heterocycles. The summed E-state index contributed by atoms with van der Waals surface area (Å²) in [5.41, 5.74) is 7.65. The molecule has 0 radical (unpaired) electrons. The zero-order chi connectivity index (χ0) is 10.7. The molecule has 0 aliphatic rings. The molecule has 0 fully saturated rings. The molecule has 4 heteroatoms. The third kappa shape index (κ3) is 2.06. The molecule has 78 valence electrons. The van der Waals surface area contributed by atoms with Crippen molar-refractivity contribution in [3.8, 4) is 5.69 Å². The van der Waals surface area contributed by atoms with Gasteiger partial charge in [0.15, 0.2) is 0 Å². The first-order valence-electron chi connectivity index (χ1n) is 4.76. The lowest BCUT2D eigenvalue weighted by molar-refractivity contribution is 0.268. The first kappa shape index (κ1) is 9.89. The second-order valence-corrected chi connectivity index (χ2v) is 3.35. The van der Waals surface area contributed by atoms with Gasteiger partial charge >= 0.3 is 0 Å². The average molecular weight is 203 g/mol.